The van der Waals surface area contributed by atoms with Crippen molar-refractivity contribution in [1.82, 2.24) is 9.97 Å². The molecule has 1 amide bonds. The number of aryl methyl sites for hydroxylation is 2. The Morgan fingerprint density at radius 2 is 1.30 bits per heavy atom. The smallest absolute Gasteiger partial charge is 0.310 e. The summed E-state index contributed by atoms with van der Waals surface area (Å²) in [6.07, 6.45) is 0. The number of pyridine rings is 2. The molecule has 2 heterocycles. The van der Waals surface area contributed by atoms with E-state index in [4.69, 9.17) is 15.2 Å². The Labute approximate surface area is 175 Å². The van der Waals surface area contributed by atoms with E-state index in [1.54, 1.807) is 38.5 Å². The first-order valence-electron chi connectivity index (χ1n) is 8.75. The van der Waals surface area contributed by atoms with Crippen LogP contribution in [0.2, 0.25) is 0 Å². The molecule has 0 radical (unpaired) electrons. The number of carbonyl (C=O) groups excluding carboxylic acids is 3. The molecule has 0 aliphatic carbocycles. The molecule has 0 fully saturated rings. The summed E-state index contributed by atoms with van der Waals surface area (Å²) in [4.78, 5) is 38.5. The maximum Gasteiger partial charge on any atom is 0.310 e. The quantitative estimate of drug-likeness (QED) is 0.565. The van der Waals surface area contributed by atoms with Crippen molar-refractivity contribution in [1.29, 1.82) is 0 Å². The number of amides is 1. The van der Waals surface area contributed by atoms with Crippen molar-refractivity contribution in [2.24, 2.45) is 0 Å². The van der Waals surface area contributed by atoms with Crippen LogP contribution in [0.3, 0.4) is 0 Å². The molecule has 2 aromatic rings. The number of methoxy groups -OCH3 is 2. The van der Waals surface area contributed by atoms with Gasteiger partial charge in [0.2, 0.25) is 17.7 Å². The molecule has 0 aliphatic heterocycles. The van der Waals surface area contributed by atoms with Gasteiger partial charge >= 0.3 is 11.9 Å². The van der Waals surface area contributed by atoms with Crippen molar-refractivity contribution in [2.45, 2.75) is 34.6 Å². The lowest BCUT2D eigenvalue weighted by Crippen LogP contribution is -2.08. The average molecular weight is 420 g/mol. The van der Waals surface area contributed by atoms with E-state index >= 15 is 0 Å². The molecule has 0 aromatic carbocycles. The van der Waals surface area contributed by atoms with Crippen LogP contribution in [0.25, 0.3) is 0 Å². The number of anilines is 2. The normalized spacial score (nSPS) is 9.03. The first-order valence-corrected chi connectivity index (χ1v) is 8.75. The van der Waals surface area contributed by atoms with Crippen LogP contribution in [-0.4, -0.2) is 42.0 Å². The molecule has 2 rings (SSSR count). The minimum atomic E-state index is -0.562. The van der Waals surface area contributed by atoms with Crippen molar-refractivity contribution < 1.29 is 28.6 Å². The van der Waals surface area contributed by atoms with Gasteiger partial charge in [-0.3, -0.25) is 14.4 Å². The summed E-state index contributed by atoms with van der Waals surface area (Å²) in [6.45, 7) is 7.48. The number of hydrogen-bond acceptors (Lipinski definition) is 9. The molecule has 3 N–H and O–H groups in total. The maximum atomic E-state index is 10.7. The molecule has 0 saturated carbocycles. The number of ether oxygens (including phenoxy) is 3. The van der Waals surface area contributed by atoms with E-state index in [0.717, 1.165) is 11.4 Å². The second kappa shape index (κ2) is 13.5. The zero-order valence-corrected chi connectivity index (χ0v) is 18.2. The van der Waals surface area contributed by atoms with Crippen LogP contribution in [0.15, 0.2) is 24.3 Å². The van der Waals surface area contributed by atoms with E-state index in [1.165, 1.54) is 20.8 Å². The third-order valence-electron chi connectivity index (χ3n) is 3.18. The molecule has 0 saturated heterocycles. The minimum absolute atomic E-state index is 0.102. The van der Waals surface area contributed by atoms with Crippen LogP contribution in [0.1, 0.15) is 32.2 Å². The second-order valence-corrected chi connectivity index (χ2v) is 5.78. The maximum absolute atomic E-state index is 10.7. The summed E-state index contributed by atoms with van der Waals surface area (Å²) >= 11 is 0. The van der Waals surface area contributed by atoms with E-state index in [2.05, 4.69) is 20.0 Å². The van der Waals surface area contributed by atoms with Gasteiger partial charge in [0.05, 0.1) is 37.0 Å². The predicted octanol–water partition coefficient (Wildman–Crippen LogP) is 2.43. The number of carbonyl (C=O) groups is 3. The summed E-state index contributed by atoms with van der Waals surface area (Å²) in [5, 5.41) is 2.67. The van der Waals surface area contributed by atoms with Gasteiger partial charge in [-0.2, -0.15) is 0 Å². The summed E-state index contributed by atoms with van der Waals surface area (Å²) < 4.78 is 13.8. The molecule has 0 spiro atoms. The lowest BCUT2D eigenvalue weighted by molar-refractivity contribution is -0.156. The summed E-state index contributed by atoms with van der Waals surface area (Å²) in [6, 6.07) is 6.99. The highest BCUT2D eigenvalue weighted by Crippen LogP contribution is 2.16. The van der Waals surface area contributed by atoms with Crippen LogP contribution in [0.5, 0.6) is 11.8 Å². The molecule has 2 aromatic heterocycles. The topological polar surface area (TPSA) is 143 Å². The molecular weight excluding hydrogens is 392 g/mol. The standard InChI is InChI=1S/C9H12N2O2.C7H10N2O.C4H6O3/c1-6-8(11-7(2)12)4-5-9(10-6)13-3;1-5-6(8)3-4-7(9-5)10-2;1-3(5)7-4(2)6/h4-5H,1-3H3,(H,11,12);3-4H,8H2,1-2H3;1-2H3. The lowest BCUT2D eigenvalue weighted by Gasteiger charge is -2.06. The number of aromatic nitrogens is 2. The number of hydrogen-bond donors (Lipinski definition) is 2. The van der Waals surface area contributed by atoms with E-state index in [0.29, 0.717) is 23.1 Å². The van der Waals surface area contributed by atoms with Crippen molar-refractivity contribution in [3.63, 3.8) is 0 Å². The Balaban J connectivity index is 0.000000442. The first kappa shape index (κ1) is 26.3. The molecule has 10 nitrogen and oxygen atoms in total. The third-order valence-corrected chi connectivity index (χ3v) is 3.18. The second-order valence-electron chi connectivity index (χ2n) is 5.78. The molecular formula is C20H28N4O6. The molecule has 0 atom stereocenters. The van der Waals surface area contributed by atoms with Gasteiger partial charge in [0.15, 0.2) is 0 Å². The molecule has 10 heteroatoms. The van der Waals surface area contributed by atoms with E-state index in [1.807, 2.05) is 13.8 Å². The Morgan fingerprint density at radius 1 is 0.833 bits per heavy atom. The summed E-state index contributed by atoms with van der Waals surface area (Å²) in [5.41, 5.74) is 8.49. The molecule has 0 bridgehead atoms. The molecule has 30 heavy (non-hydrogen) atoms. The SMILES string of the molecule is CC(=O)OC(C)=O.COc1ccc(N)c(C)n1.COc1ccc(NC(C)=O)c(C)n1. The van der Waals surface area contributed by atoms with Gasteiger partial charge < -0.3 is 25.3 Å². The average Bonchev–Trinajstić information content (AvgIpc) is 2.65. The Morgan fingerprint density at radius 3 is 1.63 bits per heavy atom. The van der Waals surface area contributed by atoms with Gasteiger partial charge in [-0.25, -0.2) is 9.97 Å². The van der Waals surface area contributed by atoms with E-state index in [-0.39, 0.29) is 5.91 Å². The van der Waals surface area contributed by atoms with Crippen LogP contribution in [0, 0.1) is 13.8 Å². The lowest BCUT2D eigenvalue weighted by atomic mass is 10.3. The number of nitrogen functional groups attached to an aromatic ring is 1. The fourth-order valence-corrected chi connectivity index (χ4v) is 1.84. The Hall–Kier alpha value is -3.69. The van der Waals surface area contributed by atoms with Crippen LogP contribution in [0.4, 0.5) is 11.4 Å². The predicted molar refractivity (Wildman–Crippen MR) is 112 cm³/mol. The monoisotopic (exact) mass is 420 g/mol. The van der Waals surface area contributed by atoms with Gasteiger partial charge in [0.25, 0.3) is 0 Å². The molecule has 0 unspecified atom stereocenters. The number of rotatable bonds is 3. The fourth-order valence-electron chi connectivity index (χ4n) is 1.84. The zero-order chi connectivity index (χ0) is 23.3. The van der Waals surface area contributed by atoms with Crippen LogP contribution >= 0.6 is 0 Å². The highest BCUT2D eigenvalue weighted by atomic mass is 16.6. The van der Waals surface area contributed by atoms with Gasteiger partial charge in [-0.15, -0.1) is 0 Å². The van der Waals surface area contributed by atoms with Gasteiger partial charge in [-0.1, -0.05) is 0 Å². The largest absolute Gasteiger partial charge is 0.481 e. The van der Waals surface area contributed by atoms with Gasteiger partial charge in [0.1, 0.15) is 0 Å². The number of nitrogens with two attached hydrogens (primary N) is 1. The fraction of sp³-hybridized carbons (Fsp3) is 0.350. The van der Waals surface area contributed by atoms with Gasteiger partial charge in [-0.05, 0) is 26.0 Å². The Kier molecular flexibility index (Phi) is 11.8. The van der Waals surface area contributed by atoms with Crippen LogP contribution < -0.4 is 20.5 Å². The van der Waals surface area contributed by atoms with Gasteiger partial charge in [0, 0.05) is 32.9 Å². The van der Waals surface area contributed by atoms with E-state index in [9.17, 15) is 14.4 Å². The minimum Gasteiger partial charge on any atom is -0.481 e. The zero-order valence-electron chi connectivity index (χ0n) is 18.2. The summed E-state index contributed by atoms with van der Waals surface area (Å²) in [5.74, 6) is -0.0756. The van der Waals surface area contributed by atoms with E-state index < -0.39 is 11.9 Å². The number of nitrogens with zero attached hydrogens (tertiary/aromatic N) is 2. The van der Waals surface area contributed by atoms with Crippen molar-refractivity contribution in [3.05, 3.63) is 35.7 Å². The summed E-state index contributed by atoms with van der Waals surface area (Å²) in [7, 11) is 3.14. The first-order chi connectivity index (χ1) is 14.0. The molecule has 0 aliphatic rings. The van der Waals surface area contributed by atoms with Crippen molar-refractivity contribution in [2.75, 3.05) is 25.3 Å². The highest BCUT2D eigenvalue weighted by Gasteiger charge is 2.02. The van der Waals surface area contributed by atoms with Crippen molar-refractivity contribution in [3.8, 4) is 11.8 Å². The van der Waals surface area contributed by atoms with Crippen LogP contribution in [-0.2, 0) is 19.1 Å². The Bertz CT molecular complexity index is 858. The number of nitrogens with one attached hydrogen (secondary N) is 1. The van der Waals surface area contributed by atoms with Crippen molar-refractivity contribution >= 4 is 29.2 Å². The highest BCUT2D eigenvalue weighted by molar-refractivity contribution is 5.89. The molecule has 164 valence electrons. The number of esters is 2. The third kappa shape index (κ3) is 11.2.